The van der Waals surface area contributed by atoms with Crippen molar-refractivity contribution in [1.82, 2.24) is 19.3 Å². The third kappa shape index (κ3) is 4.33. The van der Waals surface area contributed by atoms with E-state index in [4.69, 9.17) is 9.72 Å². The van der Waals surface area contributed by atoms with E-state index >= 15 is 0 Å². The van der Waals surface area contributed by atoms with E-state index in [2.05, 4.69) is 39.5 Å². The van der Waals surface area contributed by atoms with Crippen molar-refractivity contribution >= 4 is 17.4 Å². The van der Waals surface area contributed by atoms with Crippen LogP contribution in [0.2, 0.25) is 0 Å². The molecule has 156 valence electrons. The van der Waals surface area contributed by atoms with Gasteiger partial charge in [-0.1, -0.05) is 30.3 Å². The minimum absolute atomic E-state index is 0.234. The van der Waals surface area contributed by atoms with Gasteiger partial charge in [0.05, 0.1) is 24.5 Å². The van der Waals surface area contributed by atoms with Crippen LogP contribution in [0, 0.1) is 0 Å². The van der Waals surface area contributed by atoms with Crippen LogP contribution < -0.4 is 5.32 Å². The Morgan fingerprint density at radius 3 is 2.65 bits per heavy atom. The van der Waals surface area contributed by atoms with Crippen LogP contribution in [0.25, 0.3) is 16.9 Å². The first-order valence-corrected chi connectivity index (χ1v) is 10.4. The molecule has 0 saturated carbocycles. The van der Waals surface area contributed by atoms with Crippen molar-refractivity contribution in [2.24, 2.45) is 0 Å². The summed E-state index contributed by atoms with van der Waals surface area (Å²) in [5.41, 5.74) is 4.23. The van der Waals surface area contributed by atoms with Gasteiger partial charge < -0.3 is 14.5 Å². The maximum Gasteiger partial charge on any atom is 0.260 e. The highest BCUT2D eigenvalue weighted by Crippen LogP contribution is 2.22. The Balaban J connectivity index is 1.37. The van der Waals surface area contributed by atoms with Crippen molar-refractivity contribution in [3.8, 4) is 11.3 Å². The Morgan fingerprint density at radius 2 is 1.87 bits per heavy atom. The van der Waals surface area contributed by atoms with Crippen molar-refractivity contribution in [1.29, 1.82) is 0 Å². The number of fused-ring (bicyclic) bond motifs is 1. The van der Waals surface area contributed by atoms with Crippen molar-refractivity contribution in [2.75, 3.05) is 31.6 Å². The molecule has 4 aromatic rings. The zero-order valence-electron chi connectivity index (χ0n) is 17.1. The number of rotatable bonds is 5. The molecular weight excluding hydrogens is 390 g/mol. The molecule has 0 bridgehead atoms. The molecule has 7 heteroatoms. The quantitative estimate of drug-likeness (QED) is 0.542. The zero-order chi connectivity index (χ0) is 21.0. The van der Waals surface area contributed by atoms with Crippen LogP contribution in [0.5, 0.6) is 0 Å². The number of anilines is 1. The Morgan fingerprint density at radius 1 is 1.03 bits per heavy atom. The van der Waals surface area contributed by atoms with Gasteiger partial charge in [0.25, 0.3) is 5.91 Å². The number of ether oxygens (including phenoxy) is 1. The number of amides is 1. The Hall–Kier alpha value is -3.55. The summed E-state index contributed by atoms with van der Waals surface area (Å²) >= 11 is 0. The molecule has 1 saturated heterocycles. The van der Waals surface area contributed by atoms with E-state index in [1.54, 1.807) is 18.3 Å². The van der Waals surface area contributed by atoms with Crippen molar-refractivity contribution in [3.63, 3.8) is 0 Å². The lowest BCUT2D eigenvalue weighted by atomic mass is 10.1. The van der Waals surface area contributed by atoms with E-state index in [-0.39, 0.29) is 5.91 Å². The number of nitrogens with one attached hydrogen (secondary N) is 1. The van der Waals surface area contributed by atoms with Gasteiger partial charge in [-0.2, -0.15) is 0 Å². The van der Waals surface area contributed by atoms with Gasteiger partial charge in [-0.3, -0.25) is 9.69 Å². The van der Waals surface area contributed by atoms with Gasteiger partial charge in [0.15, 0.2) is 0 Å². The first-order chi connectivity index (χ1) is 15.3. The molecule has 1 fully saturated rings. The monoisotopic (exact) mass is 413 g/mol. The van der Waals surface area contributed by atoms with Gasteiger partial charge in [-0.25, -0.2) is 9.97 Å². The highest BCUT2D eigenvalue weighted by Gasteiger charge is 2.15. The van der Waals surface area contributed by atoms with Crippen LogP contribution in [-0.4, -0.2) is 51.5 Å². The molecule has 3 aromatic heterocycles. The second-order valence-electron chi connectivity index (χ2n) is 7.53. The number of morpholine rings is 1. The number of aromatic nitrogens is 3. The predicted molar refractivity (Wildman–Crippen MR) is 119 cm³/mol. The molecule has 1 aliphatic rings. The minimum atomic E-state index is -0.234. The predicted octanol–water partition coefficient (Wildman–Crippen LogP) is 3.48. The topological polar surface area (TPSA) is 71.8 Å². The van der Waals surface area contributed by atoms with Crippen LogP contribution in [0.1, 0.15) is 15.9 Å². The zero-order valence-corrected chi connectivity index (χ0v) is 17.1. The van der Waals surface area contributed by atoms with E-state index < -0.39 is 0 Å². The fourth-order valence-electron chi connectivity index (χ4n) is 3.75. The summed E-state index contributed by atoms with van der Waals surface area (Å²) in [4.78, 5) is 24.1. The standard InChI is InChI=1S/C24H23N5O2/c30-24(27-22-5-1-2-10-25-22)20-4-3-11-29-17-21(26-23(20)29)19-8-6-18(7-9-19)16-28-12-14-31-15-13-28/h1-11,17H,12-16H2,(H,25,27,30). The highest BCUT2D eigenvalue weighted by atomic mass is 16.5. The lowest BCUT2D eigenvalue weighted by Gasteiger charge is -2.26. The third-order valence-corrected chi connectivity index (χ3v) is 5.39. The van der Waals surface area contributed by atoms with Gasteiger partial charge in [0.2, 0.25) is 0 Å². The maximum absolute atomic E-state index is 12.8. The van der Waals surface area contributed by atoms with Crippen molar-refractivity contribution in [2.45, 2.75) is 6.54 Å². The number of pyridine rings is 2. The van der Waals surface area contributed by atoms with Crippen LogP contribution in [0.3, 0.4) is 0 Å². The van der Waals surface area contributed by atoms with Gasteiger partial charge in [0.1, 0.15) is 11.5 Å². The summed E-state index contributed by atoms with van der Waals surface area (Å²) in [5.74, 6) is 0.277. The van der Waals surface area contributed by atoms with Crippen molar-refractivity contribution in [3.05, 3.63) is 84.3 Å². The van der Waals surface area contributed by atoms with E-state index in [0.717, 1.165) is 44.1 Å². The van der Waals surface area contributed by atoms with Crippen LogP contribution in [0.4, 0.5) is 5.82 Å². The van der Waals surface area contributed by atoms with Gasteiger partial charge in [-0.15, -0.1) is 0 Å². The number of benzene rings is 1. The van der Waals surface area contributed by atoms with Crippen LogP contribution in [0.15, 0.2) is 73.2 Å². The molecule has 0 radical (unpaired) electrons. The fraction of sp³-hybridized carbons (Fsp3) is 0.208. The highest BCUT2D eigenvalue weighted by molar-refractivity contribution is 6.08. The van der Waals surface area contributed by atoms with Gasteiger partial charge in [0, 0.05) is 43.8 Å². The van der Waals surface area contributed by atoms with Gasteiger partial charge >= 0.3 is 0 Å². The average molecular weight is 413 g/mol. The number of nitrogens with zero attached hydrogens (tertiary/aromatic N) is 4. The first kappa shape index (κ1) is 19.4. The Bertz CT molecular complexity index is 1180. The maximum atomic E-state index is 12.8. The fourth-order valence-corrected chi connectivity index (χ4v) is 3.75. The summed E-state index contributed by atoms with van der Waals surface area (Å²) < 4.78 is 7.30. The van der Waals surface area contributed by atoms with Crippen LogP contribution in [-0.2, 0) is 11.3 Å². The van der Waals surface area contributed by atoms with E-state index in [1.807, 2.05) is 35.0 Å². The molecule has 4 heterocycles. The summed E-state index contributed by atoms with van der Waals surface area (Å²) in [5, 5.41) is 2.83. The molecule has 0 unspecified atom stereocenters. The number of carbonyl (C=O) groups is 1. The number of carbonyl (C=O) groups excluding carboxylic acids is 1. The molecule has 0 atom stereocenters. The average Bonchev–Trinajstić information content (AvgIpc) is 3.25. The second-order valence-corrected chi connectivity index (χ2v) is 7.53. The lowest BCUT2D eigenvalue weighted by molar-refractivity contribution is 0.0342. The summed E-state index contributed by atoms with van der Waals surface area (Å²) in [6.45, 7) is 4.47. The molecule has 1 N–H and O–H groups in total. The van der Waals surface area contributed by atoms with E-state index in [1.165, 1.54) is 5.56 Å². The summed E-state index contributed by atoms with van der Waals surface area (Å²) in [6.07, 6.45) is 5.49. The summed E-state index contributed by atoms with van der Waals surface area (Å²) in [6, 6.07) is 17.5. The number of hydrogen-bond acceptors (Lipinski definition) is 5. The normalized spacial score (nSPS) is 14.6. The second kappa shape index (κ2) is 8.67. The molecule has 1 aromatic carbocycles. The molecule has 5 rings (SSSR count). The Kier molecular flexibility index (Phi) is 5.43. The molecular formula is C24H23N5O2. The molecule has 31 heavy (non-hydrogen) atoms. The molecule has 1 amide bonds. The molecule has 0 spiro atoms. The minimum Gasteiger partial charge on any atom is -0.379 e. The SMILES string of the molecule is O=C(Nc1ccccn1)c1cccn2cc(-c3ccc(CN4CCOCC4)cc3)nc12. The molecule has 1 aliphatic heterocycles. The molecule has 0 aliphatic carbocycles. The smallest absolute Gasteiger partial charge is 0.260 e. The van der Waals surface area contributed by atoms with Gasteiger partial charge in [-0.05, 0) is 29.8 Å². The number of imidazole rings is 1. The van der Waals surface area contributed by atoms with E-state index in [9.17, 15) is 4.79 Å². The Labute approximate surface area is 180 Å². The first-order valence-electron chi connectivity index (χ1n) is 10.4. The van der Waals surface area contributed by atoms with Crippen molar-refractivity contribution < 1.29 is 9.53 Å². The van der Waals surface area contributed by atoms with E-state index in [0.29, 0.717) is 17.0 Å². The number of hydrogen-bond donors (Lipinski definition) is 1. The third-order valence-electron chi connectivity index (χ3n) is 5.39. The lowest BCUT2D eigenvalue weighted by Crippen LogP contribution is -2.35. The molecule has 7 nitrogen and oxygen atoms in total. The largest absolute Gasteiger partial charge is 0.379 e. The van der Waals surface area contributed by atoms with Crippen LogP contribution >= 0.6 is 0 Å². The summed E-state index contributed by atoms with van der Waals surface area (Å²) in [7, 11) is 0.